The van der Waals surface area contributed by atoms with E-state index in [1.54, 1.807) is 42.2 Å². The molecule has 0 aliphatic heterocycles. The van der Waals surface area contributed by atoms with Crippen LogP contribution in [0.15, 0.2) is 21.2 Å². The van der Waals surface area contributed by atoms with E-state index in [9.17, 15) is 19.2 Å². The molecule has 0 spiro atoms. The highest BCUT2D eigenvalue weighted by atomic mass is 33.1. The minimum atomic E-state index is -0.667. The van der Waals surface area contributed by atoms with Crippen LogP contribution in [-0.4, -0.2) is 98.5 Å². The Labute approximate surface area is 336 Å². The number of carbonyl (C=O) groups is 4. The lowest BCUT2D eigenvalue weighted by molar-refractivity contribution is -0.145. The van der Waals surface area contributed by atoms with Crippen molar-refractivity contribution >= 4 is 67.9 Å². The van der Waals surface area contributed by atoms with Gasteiger partial charge in [0.25, 0.3) is 0 Å². The zero-order valence-electron chi connectivity index (χ0n) is 32.9. The molecule has 0 saturated carbocycles. The molecule has 53 heavy (non-hydrogen) atoms. The fraction of sp³-hybridized carbons (Fsp3) is 0.784. The Bertz CT molecular complexity index is 1070. The summed E-state index contributed by atoms with van der Waals surface area (Å²) in [6, 6.07) is -1.30. The van der Waals surface area contributed by atoms with Crippen molar-refractivity contribution in [3.8, 4) is 0 Å². The Morgan fingerprint density at radius 3 is 1.42 bits per heavy atom. The van der Waals surface area contributed by atoms with Crippen molar-refractivity contribution in [1.29, 1.82) is 0 Å². The smallest absolute Gasteiger partial charge is 0.323 e. The average molecular weight is 823 g/mol. The Morgan fingerprint density at radius 1 is 0.604 bits per heavy atom. The average Bonchev–Trinajstić information content (AvgIpc) is 3.15. The Morgan fingerprint density at radius 2 is 1.00 bits per heavy atom. The van der Waals surface area contributed by atoms with Gasteiger partial charge >= 0.3 is 11.9 Å². The molecule has 0 heterocycles. The first-order chi connectivity index (χ1) is 25.6. The number of nitrogens with two attached hydrogens (primary N) is 4. The zero-order valence-corrected chi connectivity index (χ0v) is 36.1. The largest absolute Gasteiger partial charge is 0.464 e. The predicted molar refractivity (Wildman–Crippen MR) is 228 cm³/mol. The summed E-state index contributed by atoms with van der Waals surface area (Å²) >= 11 is 0. The number of hydrogen-bond acceptors (Lipinski definition) is 14. The highest BCUT2D eigenvalue weighted by Crippen LogP contribution is 2.34. The summed E-state index contributed by atoms with van der Waals surface area (Å²) < 4.78 is 10.9. The second kappa shape index (κ2) is 35.0. The summed E-state index contributed by atoms with van der Waals surface area (Å²) in [5.41, 5.74) is 24.6. The van der Waals surface area contributed by atoms with Gasteiger partial charge < -0.3 is 42.2 Å². The maximum atomic E-state index is 12.3. The molecule has 0 unspecified atom stereocenters. The molecule has 12 nitrogen and oxygen atoms in total. The maximum Gasteiger partial charge on any atom is 0.323 e. The highest BCUT2D eigenvalue weighted by Gasteiger charge is 2.19. The lowest BCUT2D eigenvalue weighted by Gasteiger charge is -2.22. The first-order valence-corrected chi connectivity index (χ1v) is 24.2. The van der Waals surface area contributed by atoms with E-state index < -0.39 is 24.0 Å². The van der Waals surface area contributed by atoms with Gasteiger partial charge in [-0.25, -0.2) is 0 Å². The van der Waals surface area contributed by atoms with E-state index in [2.05, 4.69) is 0 Å². The second-order valence-electron chi connectivity index (χ2n) is 13.0. The molecule has 0 rings (SSSR count). The molecule has 2 atom stereocenters. The van der Waals surface area contributed by atoms with Crippen molar-refractivity contribution < 1.29 is 28.7 Å². The number of ether oxygens (including phenoxy) is 2. The highest BCUT2D eigenvalue weighted by molar-refractivity contribution is 8.78. The fourth-order valence-electron chi connectivity index (χ4n) is 5.42. The molecule has 2 amide bonds. The SMILES string of the molecule is CSS/C(CCOC(=O)[C@@H](N)CCCCN)=C(/C)N(C=O)CCCCCCCCCCCCN(C=O)/C(C)=C(/COC(=O)[C@@H](N)CCCCN)SSC. The lowest BCUT2D eigenvalue weighted by Crippen LogP contribution is -2.33. The van der Waals surface area contributed by atoms with E-state index in [4.69, 9.17) is 32.4 Å². The molecular weight excluding hydrogens is 753 g/mol. The minimum Gasteiger partial charge on any atom is -0.464 e. The topological polar surface area (TPSA) is 197 Å². The molecule has 0 aromatic heterocycles. The van der Waals surface area contributed by atoms with Crippen LogP contribution in [-0.2, 0) is 28.7 Å². The van der Waals surface area contributed by atoms with Crippen molar-refractivity contribution in [2.24, 2.45) is 22.9 Å². The van der Waals surface area contributed by atoms with Crippen molar-refractivity contribution in [2.45, 2.75) is 135 Å². The van der Waals surface area contributed by atoms with E-state index in [0.29, 0.717) is 45.4 Å². The Hall–Kier alpha value is -1.40. The van der Waals surface area contributed by atoms with E-state index in [1.807, 2.05) is 26.4 Å². The molecule has 0 aliphatic carbocycles. The number of amides is 2. The Balaban J connectivity index is 4.42. The van der Waals surface area contributed by atoms with E-state index in [0.717, 1.165) is 98.2 Å². The molecule has 0 aliphatic rings. The molecule has 0 aromatic rings. The van der Waals surface area contributed by atoms with E-state index >= 15 is 0 Å². The number of rotatable bonds is 36. The van der Waals surface area contributed by atoms with Gasteiger partial charge in [-0.2, -0.15) is 0 Å². The van der Waals surface area contributed by atoms with Gasteiger partial charge in [0.1, 0.15) is 18.7 Å². The molecule has 0 saturated heterocycles. The monoisotopic (exact) mass is 822 g/mol. The van der Waals surface area contributed by atoms with Crippen molar-refractivity contribution in [1.82, 2.24) is 9.80 Å². The van der Waals surface area contributed by atoms with Crippen LogP contribution in [0.1, 0.15) is 123 Å². The minimum absolute atomic E-state index is 0.0998. The third-order valence-electron chi connectivity index (χ3n) is 8.80. The summed E-state index contributed by atoms with van der Waals surface area (Å²) in [7, 11) is 6.23. The standard InChI is InChI=1S/C37H70N6O6S4/c1-30(34(52-50-3)21-26-48-36(46)32(40)19-13-15-22-38)42(28-44)24-17-11-9-7-5-6-8-10-12-18-25-43(29-45)31(2)35(53-51-4)27-49-37(47)33(41)20-14-16-23-39/h28-29,32-33H,5-27,38-41H2,1-4H3/b34-30-,35-31-/t32-,33-/m0/s1. The lowest BCUT2D eigenvalue weighted by atomic mass is 10.1. The van der Waals surface area contributed by atoms with Crippen LogP contribution in [0.2, 0.25) is 0 Å². The number of unbranched alkanes of at least 4 members (excludes halogenated alkanes) is 11. The van der Waals surface area contributed by atoms with Gasteiger partial charge in [-0.05, 0) is 78.0 Å². The number of hydrogen-bond donors (Lipinski definition) is 4. The van der Waals surface area contributed by atoms with Gasteiger partial charge in [-0.1, -0.05) is 107 Å². The van der Waals surface area contributed by atoms with E-state index in [-0.39, 0.29) is 13.2 Å². The quantitative estimate of drug-likeness (QED) is 0.0226. The first kappa shape index (κ1) is 51.6. The van der Waals surface area contributed by atoms with Gasteiger partial charge in [-0.3, -0.25) is 19.2 Å². The summed E-state index contributed by atoms with van der Waals surface area (Å²) in [5, 5.41) is 0. The van der Waals surface area contributed by atoms with Crippen molar-refractivity contribution in [3.63, 3.8) is 0 Å². The van der Waals surface area contributed by atoms with Crippen LogP contribution in [0, 0.1) is 0 Å². The fourth-order valence-corrected chi connectivity index (χ4v) is 8.90. The molecule has 308 valence electrons. The van der Waals surface area contributed by atoms with Gasteiger partial charge in [0.05, 0.1) is 11.5 Å². The maximum absolute atomic E-state index is 12.3. The van der Waals surface area contributed by atoms with Crippen LogP contribution in [0.25, 0.3) is 0 Å². The number of esters is 2. The van der Waals surface area contributed by atoms with Crippen LogP contribution < -0.4 is 22.9 Å². The molecule has 8 N–H and O–H groups in total. The summed E-state index contributed by atoms with van der Waals surface area (Å²) in [4.78, 5) is 53.7. The van der Waals surface area contributed by atoms with Gasteiger partial charge in [0.15, 0.2) is 0 Å². The molecule has 0 fully saturated rings. The summed E-state index contributed by atoms with van der Waals surface area (Å²) in [6.45, 7) is 6.62. The van der Waals surface area contributed by atoms with Gasteiger partial charge in [-0.15, -0.1) is 0 Å². The predicted octanol–water partition coefficient (Wildman–Crippen LogP) is 6.68. The summed E-state index contributed by atoms with van der Waals surface area (Å²) in [6.07, 6.45) is 21.5. The van der Waals surface area contributed by atoms with Gasteiger partial charge in [0.2, 0.25) is 12.8 Å². The van der Waals surface area contributed by atoms with Crippen LogP contribution in [0.4, 0.5) is 0 Å². The normalized spacial score (nSPS) is 13.4. The molecular formula is C37H70N6O6S4. The molecule has 0 bridgehead atoms. The second-order valence-corrected chi connectivity index (χ2v) is 17.9. The number of nitrogens with zero attached hydrogens (tertiary/aromatic N) is 2. The third kappa shape index (κ3) is 25.4. The molecule has 0 aromatic carbocycles. The molecule has 0 radical (unpaired) electrons. The zero-order chi connectivity index (χ0) is 39.7. The number of carbonyl (C=O) groups excluding carboxylic acids is 4. The summed E-state index contributed by atoms with van der Waals surface area (Å²) in [5.74, 6) is -0.824. The third-order valence-corrected chi connectivity index (χ3v) is 12.7. The van der Waals surface area contributed by atoms with Crippen LogP contribution in [0.5, 0.6) is 0 Å². The molecule has 16 heteroatoms. The van der Waals surface area contributed by atoms with Crippen LogP contribution in [0.3, 0.4) is 0 Å². The van der Waals surface area contributed by atoms with Crippen molar-refractivity contribution in [3.05, 3.63) is 21.2 Å². The van der Waals surface area contributed by atoms with E-state index in [1.165, 1.54) is 36.5 Å². The van der Waals surface area contributed by atoms with Gasteiger partial charge in [0, 0.05) is 35.8 Å². The Kier molecular flexibility index (Phi) is 34.1. The first-order valence-electron chi connectivity index (χ1n) is 19.1. The van der Waals surface area contributed by atoms with Crippen molar-refractivity contribution in [2.75, 3.05) is 51.9 Å². The number of allylic oxidation sites excluding steroid dienone is 2. The van der Waals surface area contributed by atoms with Crippen LogP contribution >= 0.6 is 43.2 Å².